The van der Waals surface area contributed by atoms with Crippen LogP contribution in [0.15, 0.2) is 107 Å². The smallest absolute Gasteiger partial charge is 0.430 e. The number of pyridine rings is 1. The molecule has 7 nitrogen and oxygen atoms in total. The molecule has 0 amide bonds. The van der Waals surface area contributed by atoms with Gasteiger partial charge in [-0.3, -0.25) is 0 Å². The Kier molecular flexibility index (Phi) is 3.55. The van der Waals surface area contributed by atoms with Crippen LogP contribution >= 0.6 is 0 Å². The predicted octanol–water partition coefficient (Wildman–Crippen LogP) is 4.97. The molecule has 4 aliphatic rings. The first-order valence-electron chi connectivity index (χ1n) is 13.6. The van der Waals surface area contributed by atoms with E-state index in [4.69, 9.17) is 4.74 Å². The lowest BCUT2D eigenvalue weighted by Gasteiger charge is -2.23. The predicted molar refractivity (Wildman–Crippen MR) is 149 cm³/mol. The largest absolute Gasteiger partial charge is 0.452 e. The molecular formula is C33H22N4O3S+2. The van der Waals surface area contributed by atoms with Crippen LogP contribution in [0.1, 0.15) is 22.6 Å². The molecule has 41 heavy (non-hydrogen) atoms. The zero-order valence-electron chi connectivity index (χ0n) is 22.2. The third-order valence-corrected chi connectivity index (χ3v) is 11.0. The van der Waals surface area contributed by atoms with E-state index in [0.29, 0.717) is 9.79 Å². The Balaban J connectivity index is 1.24. The van der Waals surface area contributed by atoms with Gasteiger partial charge in [-0.25, -0.2) is 8.42 Å². The first kappa shape index (κ1) is 21.8. The lowest BCUT2D eigenvalue weighted by molar-refractivity contribution is -0.990. The molecule has 1 atom stereocenters. The summed E-state index contributed by atoms with van der Waals surface area (Å²) in [7, 11) is -3.57. The highest BCUT2D eigenvalue weighted by molar-refractivity contribution is 7.92. The molecule has 7 heterocycles. The number of aryl methyl sites for hydroxylation is 2. The van der Waals surface area contributed by atoms with E-state index in [0.717, 1.165) is 67.9 Å². The Morgan fingerprint density at radius 2 is 1.63 bits per heavy atom. The van der Waals surface area contributed by atoms with E-state index in [1.54, 1.807) is 12.1 Å². The second kappa shape index (κ2) is 6.67. The Bertz CT molecular complexity index is 2350. The number of sulfone groups is 1. The van der Waals surface area contributed by atoms with Crippen LogP contribution in [0.2, 0.25) is 0 Å². The van der Waals surface area contributed by atoms with Crippen molar-refractivity contribution in [1.82, 2.24) is 9.25 Å². The minimum absolute atomic E-state index is 0.366. The van der Waals surface area contributed by atoms with Gasteiger partial charge in [0.2, 0.25) is 15.5 Å². The maximum absolute atomic E-state index is 13.4. The summed E-state index contributed by atoms with van der Waals surface area (Å²) in [5, 5.41) is 0. The quantitative estimate of drug-likeness (QED) is 0.269. The van der Waals surface area contributed by atoms with Crippen molar-refractivity contribution in [3.8, 4) is 45.3 Å². The molecule has 0 saturated carbocycles. The summed E-state index contributed by atoms with van der Waals surface area (Å²) in [5.74, 6) is 2.68. The molecule has 10 rings (SSSR count). The molecule has 4 aliphatic heterocycles. The van der Waals surface area contributed by atoms with E-state index in [2.05, 4.69) is 81.1 Å². The fourth-order valence-electron chi connectivity index (χ4n) is 7.69. The van der Waals surface area contributed by atoms with E-state index in [9.17, 15) is 8.42 Å². The number of ether oxygens (including phenoxy) is 1. The number of nitrogens with zero attached hydrogens (tertiary/aromatic N) is 4. The van der Waals surface area contributed by atoms with Crippen molar-refractivity contribution in [2.24, 2.45) is 0 Å². The first-order chi connectivity index (χ1) is 19.9. The number of hydrogen-bond acceptors (Lipinski definition) is 3. The number of benzene rings is 3. The van der Waals surface area contributed by atoms with Gasteiger partial charge in [-0.2, -0.15) is 9.13 Å². The van der Waals surface area contributed by atoms with E-state index in [1.165, 1.54) is 0 Å². The molecule has 1 spiro atoms. The van der Waals surface area contributed by atoms with Crippen molar-refractivity contribution in [3.63, 3.8) is 0 Å². The van der Waals surface area contributed by atoms with Gasteiger partial charge in [0.25, 0.3) is 11.5 Å². The van der Waals surface area contributed by atoms with E-state index in [1.807, 2.05) is 36.4 Å². The molecule has 0 N–H and O–H groups in total. The molecule has 0 fully saturated rings. The molecule has 0 bridgehead atoms. The maximum Gasteiger partial charge on any atom is 0.430 e. The topological polar surface area (TPSA) is 61.0 Å². The lowest BCUT2D eigenvalue weighted by Crippen LogP contribution is -2.74. The van der Waals surface area contributed by atoms with Crippen LogP contribution in [0, 0.1) is 13.8 Å². The number of rotatable bonds is 1. The summed E-state index contributed by atoms with van der Waals surface area (Å²) in [6.07, 6.45) is 4.20. The van der Waals surface area contributed by atoms with Crippen molar-refractivity contribution in [2.45, 2.75) is 29.3 Å². The number of aromatic nitrogens is 4. The molecule has 196 valence electrons. The average Bonchev–Trinajstić information content (AvgIpc) is 3.74. The van der Waals surface area contributed by atoms with Gasteiger partial charge in [-0.05, 0) is 53.1 Å². The van der Waals surface area contributed by atoms with Gasteiger partial charge in [-0.15, -0.1) is 4.68 Å². The highest BCUT2D eigenvalue weighted by Crippen LogP contribution is 2.53. The molecular weight excluding hydrogens is 532 g/mol. The Morgan fingerprint density at radius 3 is 2.54 bits per heavy atom. The molecule has 6 aromatic rings. The summed E-state index contributed by atoms with van der Waals surface area (Å²) < 4.78 is 42.6. The zero-order valence-corrected chi connectivity index (χ0v) is 23.0. The molecule has 3 aromatic heterocycles. The Morgan fingerprint density at radius 1 is 0.805 bits per heavy atom. The molecule has 3 aromatic carbocycles. The SMILES string of the molecule is Cc1cc(C)[n+]2n1-c1cccc3c1C21c2c(ccn2-c2cc(-c4ccc5c(c4)S(=O)(=O)c4ccccc4-5)cc[n+]21)O3. The van der Waals surface area contributed by atoms with E-state index < -0.39 is 15.5 Å². The molecule has 0 aliphatic carbocycles. The van der Waals surface area contributed by atoms with Crippen LogP contribution in [0.25, 0.3) is 33.8 Å². The van der Waals surface area contributed by atoms with Crippen molar-refractivity contribution in [1.29, 1.82) is 0 Å². The summed E-state index contributed by atoms with van der Waals surface area (Å²) >= 11 is 0. The highest BCUT2D eigenvalue weighted by Gasteiger charge is 2.72. The first-order valence-corrected chi connectivity index (χ1v) is 15.1. The fraction of sp³-hybridized carbons (Fsp3) is 0.0909. The van der Waals surface area contributed by atoms with Gasteiger partial charge in [-0.1, -0.05) is 36.4 Å². The summed E-state index contributed by atoms with van der Waals surface area (Å²) in [5.41, 5.74) is 8.30. The van der Waals surface area contributed by atoms with Crippen LogP contribution in [-0.4, -0.2) is 17.7 Å². The van der Waals surface area contributed by atoms with Crippen molar-refractivity contribution < 1.29 is 22.4 Å². The van der Waals surface area contributed by atoms with E-state index >= 15 is 0 Å². The van der Waals surface area contributed by atoms with Gasteiger partial charge in [0, 0.05) is 36.2 Å². The van der Waals surface area contributed by atoms with Gasteiger partial charge in [0.15, 0.2) is 11.3 Å². The van der Waals surface area contributed by atoms with Crippen molar-refractivity contribution >= 4 is 9.84 Å². The van der Waals surface area contributed by atoms with Crippen LogP contribution in [0.4, 0.5) is 0 Å². The van der Waals surface area contributed by atoms with Gasteiger partial charge in [0.05, 0.1) is 21.7 Å². The van der Waals surface area contributed by atoms with Crippen LogP contribution in [0.3, 0.4) is 0 Å². The monoisotopic (exact) mass is 554 g/mol. The normalized spacial score (nSPS) is 18.7. The fourth-order valence-corrected chi connectivity index (χ4v) is 9.40. The molecule has 1 unspecified atom stereocenters. The molecule has 8 heteroatoms. The summed E-state index contributed by atoms with van der Waals surface area (Å²) in [4.78, 5) is 0.743. The third kappa shape index (κ3) is 2.23. The van der Waals surface area contributed by atoms with Gasteiger partial charge in [0.1, 0.15) is 17.6 Å². The third-order valence-electron chi connectivity index (χ3n) is 9.17. The minimum atomic E-state index is -3.57. The standard InChI is InChI=1S/C33H22N4O3S/c1-19-16-20(2)37-33-31-25(36(19)37)7-5-8-26(31)40-27-13-14-34(32(27)33)30-18-22(12-15-35(30)33)21-10-11-24-23-6-3-4-9-28(23)41(38,39)29(24)17-21/h3-18H,1-2H3/q+2. The molecule has 0 saturated heterocycles. The summed E-state index contributed by atoms with van der Waals surface area (Å²) in [6.45, 7) is 4.30. The van der Waals surface area contributed by atoms with Crippen LogP contribution in [0.5, 0.6) is 11.5 Å². The molecule has 0 radical (unpaired) electrons. The average molecular weight is 555 g/mol. The van der Waals surface area contributed by atoms with Crippen LogP contribution in [-0.2, 0) is 15.5 Å². The highest BCUT2D eigenvalue weighted by atomic mass is 32.2. The van der Waals surface area contributed by atoms with Gasteiger partial charge < -0.3 is 4.74 Å². The van der Waals surface area contributed by atoms with E-state index in [-0.39, 0.29) is 0 Å². The van der Waals surface area contributed by atoms with Crippen molar-refractivity contribution in [2.75, 3.05) is 0 Å². The second-order valence-electron chi connectivity index (χ2n) is 11.2. The number of fused-ring (bicyclic) bond motifs is 7. The Labute approximate surface area is 235 Å². The van der Waals surface area contributed by atoms with Gasteiger partial charge >= 0.3 is 5.66 Å². The second-order valence-corrected chi connectivity index (χ2v) is 13.1. The van der Waals surface area contributed by atoms with Crippen molar-refractivity contribution in [3.05, 3.63) is 120 Å². The zero-order chi connectivity index (χ0) is 27.4. The maximum atomic E-state index is 13.4. The Hall–Kier alpha value is -4.95. The lowest BCUT2D eigenvalue weighted by atomic mass is 9.91. The summed E-state index contributed by atoms with van der Waals surface area (Å²) in [6, 6.07) is 27.8. The van der Waals surface area contributed by atoms with Crippen LogP contribution < -0.4 is 14.0 Å². The number of hydrogen-bond donors (Lipinski definition) is 0. The minimum Gasteiger partial charge on any atom is -0.452 e.